The van der Waals surface area contributed by atoms with Gasteiger partial charge in [0.2, 0.25) is 0 Å². The minimum atomic E-state index is -0.179. The monoisotopic (exact) mass is 272 g/mol. The molecular weight excluding hydrogens is 260 g/mol. The lowest BCUT2D eigenvalue weighted by Crippen LogP contribution is -2.29. The lowest BCUT2D eigenvalue weighted by atomic mass is 9.90. The Labute approximate surface area is 116 Å². The molecule has 0 saturated heterocycles. The fraction of sp³-hybridized carbons (Fsp3) is 0.133. The summed E-state index contributed by atoms with van der Waals surface area (Å²) in [5, 5.41) is 6.38. The molecule has 0 aromatic heterocycles. The molecule has 1 aliphatic heterocycles. The third-order valence-electron chi connectivity index (χ3n) is 3.31. The number of carbonyl (C=O) groups is 1. The smallest absolute Gasteiger partial charge is 0.319 e. The molecule has 0 fully saturated rings. The summed E-state index contributed by atoms with van der Waals surface area (Å²) in [6.07, 6.45) is 0. The van der Waals surface area contributed by atoms with Gasteiger partial charge in [0.05, 0.1) is 0 Å². The van der Waals surface area contributed by atoms with Crippen molar-refractivity contribution in [2.45, 2.75) is 5.92 Å². The second-order valence-corrected chi connectivity index (χ2v) is 4.97. The summed E-state index contributed by atoms with van der Waals surface area (Å²) in [5.41, 5.74) is 3.01. The molecule has 2 aromatic carbocycles. The Morgan fingerprint density at radius 1 is 1.11 bits per heavy atom. The lowest BCUT2D eigenvalue weighted by molar-refractivity contribution is 0.252. The van der Waals surface area contributed by atoms with Gasteiger partial charge in [0, 0.05) is 23.2 Å². The van der Waals surface area contributed by atoms with Crippen molar-refractivity contribution in [2.24, 2.45) is 0 Å². The van der Waals surface area contributed by atoms with E-state index in [0.29, 0.717) is 11.6 Å². The van der Waals surface area contributed by atoms with Crippen molar-refractivity contribution in [2.75, 3.05) is 11.9 Å². The molecule has 2 N–H and O–H groups in total. The average Bonchev–Trinajstić information content (AvgIpc) is 2.58. The second kappa shape index (κ2) is 4.94. The molecule has 1 unspecified atom stereocenters. The number of fused-ring (bicyclic) bond motifs is 1. The van der Waals surface area contributed by atoms with Gasteiger partial charge < -0.3 is 10.6 Å². The SMILES string of the molecule is O=C1NCC(c2ccccc2)c2cc(Cl)ccc2N1. The van der Waals surface area contributed by atoms with E-state index >= 15 is 0 Å². The van der Waals surface area contributed by atoms with Crippen LogP contribution in [0.5, 0.6) is 0 Å². The van der Waals surface area contributed by atoms with Crippen molar-refractivity contribution in [1.29, 1.82) is 0 Å². The van der Waals surface area contributed by atoms with E-state index in [1.54, 1.807) is 6.07 Å². The summed E-state index contributed by atoms with van der Waals surface area (Å²) < 4.78 is 0. The lowest BCUT2D eigenvalue weighted by Gasteiger charge is -2.17. The van der Waals surface area contributed by atoms with Crippen molar-refractivity contribution >= 4 is 23.3 Å². The first kappa shape index (κ1) is 12.1. The van der Waals surface area contributed by atoms with Gasteiger partial charge in [-0.3, -0.25) is 0 Å². The molecule has 2 amide bonds. The Bertz CT molecular complexity index is 613. The average molecular weight is 273 g/mol. The zero-order chi connectivity index (χ0) is 13.2. The highest BCUT2D eigenvalue weighted by Gasteiger charge is 2.22. The van der Waals surface area contributed by atoms with Crippen LogP contribution in [0.3, 0.4) is 0 Å². The highest BCUT2D eigenvalue weighted by Crippen LogP contribution is 2.33. The van der Waals surface area contributed by atoms with Crippen molar-refractivity contribution < 1.29 is 4.79 Å². The number of rotatable bonds is 1. The van der Waals surface area contributed by atoms with E-state index in [1.807, 2.05) is 30.3 Å². The number of halogens is 1. The van der Waals surface area contributed by atoms with E-state index in [0.717, 1.165) is 16.8 Å². The van der Waals surface area contributed by atoms with Crippen molar-refractivity contribution in [3.05, 3.63) is 64.7 Å². The summed E-state index contributed by atoms with van der Waals surface area (Å²) in [7, 11) is 0. The van der Waals surface area contributed by atoms with Crippen LogP contribution in [-0.2, 0) is 0 Å². The third kappa shape index (κ3) is 2.42. The van der Waals surface area contributed by atoms with E-state index in [1.165, 1.54) is 0 Å². The topological polar surface area (TPSA) is 41.1 Å². The number of hydrogen-bond acceptors (Lipinski definition) is 1. The van der Waals surface area contributed by atoms with Crippen molar-refractivity contribution in [3.63, 3.8) is 0 Å². The number of amides is 2. The van der Waals surface area contributed by atoms with Crippen molar-refractivity contribution in [3.8, 4) is 0 Å². The number of hydrogen-bond donors (Lipinski definition) is 2. The molecule has 4 heteroatoms. The van der Waals surface area contributed by atoms with Gasteiger partial charge in [0.1, 0.15) is 0 Å². The molecule has 0 spiro atoms. The molecule has 1 aliphatic rings. The van der Waals surface area contributed by atoms with E-state index in [4.69, 9.17) is 11.6 Å². The van der Waals surface area contributed by atoms with Crippen LogP contribution in [0.2, 0.25) is 5.02 Å². The maximum absolute atomic E-state index is 11.7. The summed E-state index contributed by atoms with van der Waals surface area (Å²) in [5.74, 6) is 0.105. The summed E-state index contributed by atoms with van der Waals surface area (Å²) in [6, 6.07) is 15.5. The number of nitrogens with one attached hydrogen (secondary N) is 2. The molecular formula is C15H13ClN2O. The summed E-state index contributed by atoms with van der Waals surface area (Å²) >= 11 is 6.09. The first-order valence-electron chi connectivity index (χ1n) is 6.13. The van der Waals surface area contributed by atoms with E-state index in [-0.39, 0.29) is 11.9 Å². The van der Waals surface area contributed by atoms with Crippen LogP contribution in [0.1, 0.15) is 17.0 Å². The number of urea groups is 1. The highest BCUT2D eigenvalue weighted by molar-refractivity contribution is 6.30. The normalized spacial score (nSPS) is 17.9. The van der Waals surface area contributed by atoms with Gasteiger partial charge in [-0.2, -0.15) is 0 Å². The van der Waals surface area contributed by atoms with Crippen LogP contribution in [0.25, 0.3) is 0 Å². The van der Waals surface area contributed by atoms with E-state index in [9.17, 15) is 4.79 Å². The molecule has 0 saturated carbocycles. The highest BCUT2D eigenvalue weighted by atomic mass is 35.5. The van der Waals surface area contributed by atoms with E-state index < -0.39 is 0 Å². The molecule has 3 rings (SSSR count). The largest absolute Gasteiger partial charge is 0.337 e. The number of benzene rings is 2. The fourth-order valence-corrected chi connectivity index (χ4v) is 2.57. The van der Waals surface area contributed by atoms with E-state index in [2.05, 4.69) is 22.8 Å². The fourth-order valence-electron chi connectivity index (χ4n) is 2.39. The zero-order valence-electron chi connectivity index (χ0n) is 10.2. The van der Waals surface area contributed by atoms with Crippen molar-refractivity contribution in [1.82, 2.24) is 5.32 Å². The number of anilines is 1. The minimum absolute atomic E-state index is 0.105. The number of carbonyl (C=O) groups excluding carboxylic acids is 1. The zero-order valence-corrected chi connectivity index (χ0v) is 10.9. The van der Waals surface area contributed by atoms with Crippen LogP contribution in [0, 0.1) is 0 Å². The van der Waals surface area contributed by atoms with Crippen LogP contribution < -0.4 is 10.6 Å². The van der Waals surface area contributed by atoms with Crippen LogP contribution in [-0.4, -0.2) is 12.6 Å². The Morgan fingerprint density at radius 3 is 2.68 bits per heavy atom. The predicted octanol–water partition coefficient (Wildman–Crippen LogP) is 3.61. The molecule has 0 radical (unpaired) electrons. The van der Waals surface area contributed by atoms with Gasteiger partial charge >= 0.3 is 6.03 Å². The molecule has 2 aromatic rings. The molecule has 0 aliphatic carbocycles. The van der Waals surface area contributed by atoms with Crippen LogP contribution in [0.4, 0.5) is 10.5 Å². The maximum Gasteiger partial charge on any atom is 0.319 e. The molecule has 19 heavy (non-hydrogen) atoms. The van der Waals surface area contributed by atoms with Gasteiger partial charge in [-0.25, -0.2) is 4.79 Å². The molecule has 0 bridgehead atoms. The van der Waals surface area contributed by atoms with Gasteiger partial charge in [0.15, 0.2) is 0 Å². The second-order valence-electron chi connectivity index (χ2n) is 4.53. The summed E-state index contributed by atoms with van der Waals surface area (Å²) in [6.45, 7) is 0.559. The summed E-state index contributed by atoms with van der Waals surface area (Å²) in [4.78, 5) is 11.7. The Morgan fingerprint density at radius 2 is 1.89 bits per heavy atom. The first-order chi connectivity index (χ1) is 9.24. The van der Waals surface area contributed by atoms with Gasteiger partial charge in [-0.15, -0.1) is 0 Å². The third-order valence-corrected chi connectivity index (χ3v) is 3.54. The Hall–Kier alpha value is -2.00. The quantitative estimate of drug-likeness (QED) is 0.818. The van der Waals surface area contributed by atoms with Crippen LogP contribution in [0.15, 0.2) is 48.5 Å². The van der Waals surface area contributed by atoms with Crippen LogP contribution >= 0.6 is 11.6 Å². The predicted molar refractivity (Wildman–Crippen MR) is 76.8 cm³/mol. The molecule has 96 valence electrons. The Kier molecular flexibility index (Phi) is 3.13. The molecule has 1 atom stereocenters. The molecule has 3 nitrogen and oxygen atoms in total. The van der Waals surface area contributed by atoms with Gasteiger partial charge in [-0.05, 0) is 29.3 Å². The van der Waals surface area contributed by atoms with Gasteiger partial charge in [0.25, 0.3) is 0 Å². The minimum Gasteiger partial charge on any atom is -0.337 e. The Balaban J connectivity index is 2.11. The maximum atomic E-state index is 11.7. The van der Waals surface area contributed by atoms with Gasteiger partial charge in [-0.1, -0.05) is 41.9 Å². The molecule has 1 heterocycles. The standard InChI is InChI=1S/C15H13ClN2O/c16-11-6-7-14-12(8-11)13(9-17-15(19)18-14)10-4-2-1-3-5-10/h1-8,13H,9H2,(H2,17,18,19). The first-order valence-corrected chi connectivity index (χ1v) is 6.51.